The van der Waals surface area contributed by atoms with Gasteiger partial charge in [0.15, 0.2) is 0 Å². The van der Waals surface area contributed by atoms with E-state index in [9.17, 15) is 4.79 Å². The number of aromatic nitrogens is 2. The van der Waals surface area contributed by atoms with Crippen molar-refractivity contribution < 1.29 is 9.53 Å². The molecule has 0 aliphatic rings. The van der Waals surface area contributed by atoms with Gasteiger partial charge in [-0.3, -0.25) is 4.79 Å². The largest absolute Gasteiger partial charge is 0.487 e. The summed E-state index contributed by atoms with van der Waals surface area (Å²) in [6.07, 6.45) is 4.72. The van der Waals surface area contributed by atoms with Crippen LogP contribution in [0.1, 0.15) is 35.0 Å². The molecule has 3 N–H and O–H groups in total. The second-order valence-electron chi connectivity index (χ2n) is 6.54. The van der Waals surface area contributed by atoms with Crippen molar-refractivity contribution in [1.82, 2.24) is 14.7 Å². The fourth-order valence-corrected chi connectivity index (χ4v) is 2.62. The lowest BCUT2D eigenvalue weighted by Crippen LogP contribution is -2.28. The molecule has 0 bridgehead atoms. The molecule has 1 unspecified atom stereocenters. The summed E-state index contributed by atoms with van der Waals surface area (Å²) >= 11 is 0. The minimum atomic E-state index is -0.126. The highest BCUT2D eigenvalue weighted by Crippen LogP contribution is 2.16. The zero-order valence-corrected chi connectivity index (χ0v) is 15.1. The Morgan fingerprint density at radius 2 is 2.15 bits per heavy atom. The van der Waals surface area contributed by atoms with Gasteiger partial charge in [0.05, 0.1) is 5.69 Å². The molecule has 0 saturated carbocycles. The monoisotopic (exact) mass is 352 g/mol. The molecular formula is C20H24N4O2. The van der Waals surface area contributed by atoms with Gasteiger partial charge in [0, 0.05) is 30.5 Å². The SMILES string of the molecule is Cc1ccc2nc(COc3cccc(C(=O)NCCC(C)N)c3)cn2c1. The Hall–Kier alpha value is -2.86. The summed E-state index contributed by atoms with van der Waals surface area (Å²) < 4.78 is 7.79. The molecule has 1 amide bonds. The number of imidazole rings is 1. The maximum absolute atomic E-state index is 12.2. The highest BCUT2D eigenvalue weighted by atomic mass is 16.5. The Labute approximate surface area is 153 Å². The maximum atomic E-state index is 12.2. The van der Waals surface area contributed by atoms with Crippen molar-refractivity contribution in [2.24, 2.45) is 5.73 Å². The number of ether oxygens (including phenoxy) is 1. The molecular weight excluding hydrogens is 328 g/mol. The third-order valence-electron chi connectivity index (χ3n) is 4.02. The Morgan fingerprint density at radius 1 is 1.31 bits per heavy atom. The molecule has 136 valence electrons. The van der Waals surface area contributed by atoms with Gasteiger partial charge >= 0.3 is 0 Å². The van der Waals surface area contributed by atoms with Crippen molar-refractivity contribution in [2.45, 2.75) is 32.9 Å². The Morgan fingerprint density at radius 3 is 2.96 bits per heavy atom. The maximum Gasteiger partial charge on any atom is 0.251 e. The van der Waals surface area contributed by atoms with Gasteiger partial charge in [-0.05, 0) is 50.1 Å². The lowest BCUT2D eigenvalue weighted by molar-refractivity contribution is 0.0952. The van der Waals surface area contributed by atoms with Crippen molar-refractivity contribution in [3.8, 4) is 5.75 Å². The Balaban J connectivity index is 1.61. The molecule has 0 aliphatic carbocycles. The number of hydrogen-bond donors (Lipinski definition) is 2. The first-order valence-corrected chi connectivity index (χ1v) is 8.72. The van der Waals surface area contributed by atoms with Gasteiger partial charge in [-0.25, -0.2) is 4.98 Å². The highest BCUT2D eigenvalue weighted by Gasteiger charge is 2.08. The number of nitrogens with one attached hydrogen (secondary N) is 1. The van der Waals surface area contributed by atoms with Gasteiger partial charge in [-0.2, -0.15) is 0 Å². The lowest BCUT2D eigenvalue weighted by Gasteiger charge is -2.09. The lowest BCUT2D eigenvalue weighted by atomic mass is 10.2. The zero-order chi connectivity index (χ0) is 18.5. The number of benzene rings is 1. The molecule has 6 nitrogen and oxygen atoms in total. The number of nitrogens with two attached hydrogens (primary N) is 1. The van der Waals surface area contributed by atoms with E-state index in [4.69, 9.17) is 10.5 Å². The van der Waals surface area contributed by atoms with Crippen LogP contribution in [0.5, 0.6) is 5.75 Å². The van der Waals surface area contributed by atoms with Crippen molar-refractivity contribution in [3.05, 3.63) is 65.6 Å². The van der Waals surface area contributed by atoms with Crippen LogP contribution in [0.3, 0.4) is 0 Å². The number of carbonyl (C=O) groups excluding carboxylic acids is 1. The van der Waals surface area contributed by atoms with E-state index < -0.39 is 0 Å². The molecule has 0 aliphatic heterocycles. The van der Waals surface area contributed by atoms with Gasteiger partial charge in [0.1, 0.15) is 18.0 Å². The fourth-order valence-electron chi connectivity index (χ4n) is 2.62. The van der Waals surface area contributed by atoms with E-state index in [-0.39, 0.29) is 11.9 Å². The number of nitrogens with zero attached hydrogens (tertiary/aromatic N) is 2. The third kappa shape index (κ3) is 4.61. The zero-order valence-electron chi connectivity index (χ0n) is 15.1. The number of amides is 1. The molecule has 26 heavy (non-hydrogen) atoms. The van der Waals surface area contributed by atoms with Crippen molar-refractivity contribution in [2.75, 3.05) is 6.54 Å². The number of hydrogen-bond acceptors (Lipinski definition) is 4. The van der Waals surface area contributed by atoms with Crippen molar-refractivity contribution >= 4 is 11.6 Å². The van der Waals surface area contributed by atoms with Crippen molar-refractivity contribution in [3.63, 3.8) is 0 Å². The third-order valence-corrected chi connectivity index (χ3v) is 4.02. The second kappa shape index (κ2) is 8.01. The normalized spacial score (nSPS) is 12.1. The van der Waals surface area contributed by atoms with Crippen LogP contribution in [0, 0.1) is 6.92 Å². The van der Waals surface area contributed by atoms with Crippen LogP contribution in [0.15, 0.2) is 48.8 Å². The fraction of sp³-hybridized carbons (Fsp3) is 0.300. The summed E-state index contributed by atoms with van der Waals surface area (Å²) in [6.45, 7) is 4.86. The summed E-state index contributed by atoms with van der Waals surface area (Å²) in [7, 11) is 0. The van der Waals surface area contributed by atoms with Crippen LogP contribution < -0.4 is 15.8 Å². The van der Waals surface area contributed by atoms with Crippen LogP contribution >= 0.6 is 0 Å². The van der Waals surface area contributed by atoms with Gasteiger partial charge < -0.3 is 20.2 Å². The average molecular weight is 352 g/mol. The predicted octanol–water partition coefficient (Wildman–Crippen LogP) is 2.69. The van der Waals surface area contributed by atoms with E-state index in [0.29, 0.717) is 24.5 Å². The van der Waals surface area contributed by atoms with Crippen molar-refractivity contribution in [1.29, 1.82) is 0 Å². The quantitative estimate of drug-likeness (QED) is 0.685. The summed E-state index contributed by atoms with van der Waals surface area (Å²) in [4.78, 5) is 16.7. The van der Waals surface area contributed by atoms with Crippen LogP contribution in [-0.4, -0.2) is 27.9 Å². The summed E-state index contributed by atoms with van der Waals surface area (Å²) in [5, 5.41) is 2.86. The molecule has 0 fully saturated rings. The number of fused-ring (bicyclic) bond motifs is 1. The Kier molecular flexibility index (Phi) is 5.53. The number of carbonyl (C=O) groups is 1. The molecule has 0 radical (unpaired) electrons. The van der Waals surface area contributed by atoms with Gasteiger partial charge in [-0.15, -0.1) is 0 Å². The molecule has 2 aromatic heterocycles. The van der Waals surface area contributed by atoms with Gasteiger partial charge in [0.2, 0.25) is 0 Å². The first kappa shape index (κ1) is 17.9. The summed E-state index contributed by atoms with van der Waals surface area (Å²) in [5.74, 6) is 0.511. The number of pyridine rings is 1. The predicted molar refractivity (Wildman–Crippen MR) is 101 cm³/mol. The van der Waals surface area contributed by atoms with E-state index >= 15 is 0 Å². The summed E-state index contributed by atoms with van der Waals surface area (Å²) in [5.41, 5.74) is 9.15. The first-order valence-electron chi connectivity index (χ1n) is 8.72. The van der Waals surface area contributed by atoms with Gasteiger partial charge in [0.25, 0.3) is 5.91 Å². The first-order chi connectivity index (χ1) is 12.5. The molecule has 6 heteroatoms. The minimum Gasteiger partial charge on any atom is -0.487 e. The molecule has 0 spiro atoms. The molecule has 1 atom stereocenters. The molecule has 1 aromatic carbocycles. The van der Waals surface area contributed by atoms with E-state index in [0.717, 1.165) is 17.8 Å². The van der Waals surface area contributed by atoms with Gasteiger partial charge in [-0.1, -0.05) is 12.1 Å². The molecule has 2 heterocycles. The molecule has 3 aromatic rings. The minimum absolute atomic E-state index is 0.0687. The van der Waals surface area contributed by atoms with Crippen LogP contribution in [0.2, 0.25) is 0 Å². The Bertz CT molecular complexity index is 902. The van der Waals surface area contributed by atoms with E-state index in [1.807, 2.05) is 54.9 Å². The smallest absolute Gasteiger partial charge is 0.251 e. The average Bonchev–Trinajstić information content (AvgIpc) is 3.02. The van der Waals surface area contributed by atoms with E-state index in [2.05, 4.69) is 10.3 Å². The van der Waals surface area contributed by atoms with Crippen LogP contribution in [0.4, 0.5) is 0 Å². The summed E-state index contributed by atoms with van der Waals surface area (Å²) in [6, 6.07) is 11.2. The number of rotatable bonds is 7. The molecule has 3 rings (SSSR count). The topological polar surface area (TPSA) is 81.6 Å². The van der Waals surface area contributed by atoms with E-state index in [1.165, 1.54) is 5.56 Å². The highest BCUT2D eigenvalue weighted by molar-refractivity contribution is 5.94. The number of aryl methyl sites for hydroxylation is 1. The standard InChI is InChI=1S/C20H24N4O2/c1-14-6-7-19-23-17(12-24(19)11-14)13-26-18-5-3-4-16(10-18)20(25)22-9-8-15(2)21/h3-7,10-12,15H,8-9,13,21H2,1-2H3,(H,22,25). The van der Waals surface area contributed by atoms with Crippen LogP contribution in [-0.2, 0) is 6.61 Å². The van der Waals surface area contributed by atoms with Crippen LogP contribution in [0.25, 0.3) is 5.65 Å². The second-order valence-corrected chi connectivity index (χ2v) is 6.54. The molecule has 0 saturated heterocycles. The van der Waals surface area contributed by atoms with E-state index in [1.54, 1.807) is 12.1 Å².